The highest BCUT2D eigenvalue weighted by Crippen LogP contribution is 2.38. The van der Waals surface area contributed by atoms with Gasteiger partial charge >= 0.3 is 12.2 Å². The predicted molar refractivity (Wildman–Crippen MR) is 107 cm³/mol. The van der Waals surface area contributed by atoms with Gasteiger partial charge in [0.1, 0.15) is 11.3 Å². The minimum Gasteiger partial charge on any atom is -0.483 e. The Bertz CT molecular complexity index is 992. The maximum absolute atomic E-state index is 13.2. The van der Waals surface area contributed by atoms with Gasteiger partial charge in [-0.2, -0.15) is 13.2 Å². The molecule has 1 aliphatic rings. The average Bonchev–Trinajstić information content (AvgIpc) is 2.77. The number of ether oxygens (including phenoxy) is 1. The van der Waals surface area contributed by atoms with Crippen LogP contribution in [0.2, 0.25) is 0 Å². The number of benzene rings is 2. The van der Waals surface area contributed by atoms with Crippen LogP contribution in [-0.2, 0) is 11.0 Å². The highest BCUT2D eigenvalue weighted by atomic mass is 19.4. The lowest BCUT2D eigenvalue weighted by Gasteiger charge is -2.34. The van der Waals surface area contributed by atoms with Crippen molar-refractivity contribution in [3.8, 4) is 5.75 Å². The van der Waals surface area contributed by atoms with Crippen LogP contribution in [0.15, 0.2) is 48.5 Å². The predicted octanol–water partition coefficient (Wildman–Crippen LogP) is 3.37. The third-order valence-electron chi connectivity index (χ3n) is 4.78. The van der Waals surface area contributed by atoms with Gasteiger partial charge in [0.25, 0.3) is 11.6 Å². The molecule has 3 amide bonds. The maximum Gasteiger partial charge on any atom is 0.420 e. The average molecular weight is 452 g/mol. The van der Waals surface area contributed by atoms with Crippen LogP contribution in [0.1, 0.15) is 5.56 Å². The van der Waals surface area contributed by atoms with E-state index in [1.165, 1.54) is 9.80 Å². The number of rotatable bonds is 5. The Hall–Kier alpha value is -3.83. The van der Waals surface area contributed by atoms with E-state index in [0.29, 0.717) is 11.8 Å². The standard InChI is InChI=1S/C20H19F3N4O5/c21-20(22,23)16-12-15(27(30)31)6-7-17(16)32-13-18(28)25-8-10-26(11-9-25)19(29)24-14-4-2-1-3-5-14/h1-7,12H,8-11,13H2,(H,24,29). The number of nitro groups is 1. The number of anilines is 1. The van der Waals surface area contributed by atoms with Gasteiger partial charge < -0.3 is 19.9 Å². The van der Waals surface area contributed by atoms with Crippen LogP contribution in [0, 0.1) is 10.1 Å². The summed E-state index contributed by atoms with van der Waals surface area (Å²) in [6.07, 6.45) is -4.89. The lowest BCUT2D eigenvalue weighted by Crippen LogP contribution is -2.52. The van der Waals surface area contributed by atoms with Crippen molar-refractivity contribution in [3.05, 3.63) is 64.2 Å². The zero-order valence-electron chi connectivity index (χ0n) is 16.7. The molecule has 2 aromatic carbocycles. The van der Waals surface area contributed by atoms with Crippen LogP contribution in [-0.4, -0.2) is 59.4 Å². The van der Waals surface area contributed by atoms with E-state index in [4.69, 9.17) is 4.74 Å². The molecule has 1 saturated heterocycles. The number of alkyl halides is 3. The van der Waals surface area contributed by atoms with E-state index in [0.717, 1.165) is 12.1 Å². The lowest BCUT2D eigenvalue weighted by atomic mass is 10.1. The molecule has 2 aromatic rings. The Morgan fingerprint density at radius 1 is 1.03 bits per heavy atom. The second kappa shape index (κ2) is 9.54. The van der Waals surface area contributed by atoms with Gasteiger partial charge in [0.05, 0.1) is 4.92 Å². The number of hydrogen-bond acceptors (Lipinski definition) is 5. The number of piperazine rings is 1. The normalized spacial score (nSPS) is 14.1. The van der Waals surface area contributed by atoms with Crippen molar-refractivity contribution in [2.75, 3.05) is 38.1 Å². The number of nitrogens with zero attached hydrogens (tertiary/aromatic N) is 3. The number of nitro benzene ring substituents is 1. The number of hydrogen-bond donors (Lipinski definition) is 1. The van der Waals surface area contributed by atoms with Gasteiger partial charge in [-0.1, -0.05) is 18.2 Å². The molecule has 3 rings (SSSR count). The van der Waals surface area contributed by atoms with Crippen LogP contribution < -0.4 is 10.1 Å². The molecule has 1 fully saturated rings. The van der Waals surface area contributed by atoms with Gasteiger partial charge in [0, 0.05) is 44.0 Å². The van der Waals surface area contributed by atoms with E-state index in [9.17, 15) is 32.9 Å². The van der Waals surface area contributed by atoms with Crippen LogP contribution >= 0.6 is 0 Å². The Labute approximate surface area is 180 Å². The van der Waals surface area contributed by atoms with Crippen molar-refractivity contribution in [2.45, 2.75) is 6.18 Å². The Balaban J connectivity index is 1.54. The first kappa shape index (κ1) is 22.8. The monoisotopic (exact) mass is 452 g/mol. The molecule has 1 aliphatic heterocycles. The number of nitrogens with one attached hydrogen (secondary N) is 1. The minimum absolute atomic E-state index is 0.191. The van der Waals surface area contributed by atoms with E-state index in [-0.39, 0.29) is 32.2 Å². The largest absolute Gasteiger partial charge is 0.483 e. The summed E-state index contributed by atoms with van der Waals surface area (Å²) in [7, 11) is 0. The number of halogens is 3. The van der Waals surface area contributed by atoms with Gasteiger partial charge in [-0.25, -0.2) is 4.79 Å². The molecule has 9 nitrogen and oxygen atoms in total. The summed E-state index contributed by atoms with van der Waals surface area (Å²) in [6.45, 7) is 0.205. The molecular formula is C20H19F3N4O5. The molecule has 1 N–H and O–H groups in total. The molecular weight excluding hydrogens is 433 g/mol. The van der Waals surface area contributed by atoms with Crippen LogP contribution in [0.3, 0.4) is 0 Å². The topological polar surface area (TPSA) is 105 Å². The van der Waals surface area contributed by atoms with E-state index in [1.807, 2.05) is 6.07 Å². The van der Waals surface area contributed by atoms with Crippen molar-refractivity contribution in [1.29, 1.82) is 0 Å². The smallest absolute Gasteiger partial charge is 0.420 e. The first-order chi connectivity index (χ1) is 15.1. The molecule has 0 atom stereocenters. The molecule has 32 heavy (non-hydrogen) atoms. The Morgan fingerprint density at radius 2 is 1.66 bits per heavy atom. The van der Waals surface area contributed by atoms with Gasteiger partial charge in [-0.05, 0) is 18.2 Å². The fourth-order valence-electron chi connectivity index (χ4n) is 3.09. The van der Waals surface area contributed by atoms with Crippen LogP contribution in [0.5, 0.6) is 5.75 Å². The molecule has 1 heterocycles. The summed E-state index contributed by atoms with van der Waals surface area (Å²) in [5, 5.41) is 13.5. The summed E-state index contributed by atoms with van der Waals surface area (Å²) in [4.78, 5) is 37.4. The molecule has 12 heteroatoms. The van der Waals surface area contributed by atoms with Crippen LogP contribution in [0.4, 0.5) is 29.3 Å². The third kappa shape index (κ3) is 5.65. The molecule has 0 saturated carbocycles. The summed E-state index contributed by atoms with van der Waals surface area (Å²) < 4.78 is 44.7. The van der Waals surface area contributed by atoms with Crippen molar-refractivity contribution in [1.82, 2.24) is 9.80 Å². The number of amides is 3. The van der Waals surface area contributed by atoms with Gasteiger partial charge in [-0.3, -0.25) is 14.9 Å². The van der Waals surface area contributed by atoms with Crippen molar-refractivity contribution in [2.24, 2.45) is 0 Å². The first-order valence-electron chi connectivity index (χ1n) is 9.52. The number of carbonyl (C=O) groups is 2. The summed E-state index contributed by atoms with van der Waals surface area (Å²) in [5.41, 5.74) is -1.43. The molecule has 0 spiro atoms. The fraction of sp³-hybridized carbons (Fsp3) is 0.300. The second-order valence-corrected chi connectivity index (χ2v) is 6.89. The summed E-state index contributed by atoms with van der Waals surface area (Å²) in [6, 6.07) is 10.6. The fourth-order valence-corrected chi connectivity index (χ4v) is 3.09. The SMILES string of the molecule is O=C(COc1ccc([N+](=O)[O-])cc1C(F)(F)F)N1CCN(C(=O)Nc2ccccc2)CC1. The molecule has 0 aliphatic carbocycles. The minimum atomic E-state index is -4.89. The van der Waals surface area contributed by atoms with Crippen molar-refractivity contribution >= 4 is 23.3 Å². The lowest BCUT2D eigenvalue weighted by molar-refractivity contribution is -0.385. The van der Waals surface area contributed by atoms with E-state index in [1.54, 1.807) is 24.3 Å². The quantitative estimate of drug-likeness (QED) is 0.553. The summed E-state index contributed by atoms with van der Waals surface area (Å²) >= 11 is 0. The zero-order valence-corrected chi connectivity index (χ0v) is 16.7. The Kier molecular flexibility index (Phi) is 6.81. The highest BCUT2D eigenvalue weighted by molar-refractivity contribution is 5.89. The molecule has 0 aromatic heterocycles. The second-order valence-electron chi connectivity index (χ2n) is 6.89. The van der Waals surface area contributed by atoms with Gasteiger partial charge in [0.15, 0.2) is 6.61 Å². The Morgan fingerprint density at radius 3 is 2.25 bits per heavy atom. The van der Waals surface area contributed by atoms with Crippen molar-refractivity contribution < 1.29 is 32.4 Å². The number of urea groups is 1. The van der Waals surface area contributed by atoms with Crippen LogP contribution in [0.25, 0.3) is 0 Å². The third-order valence-corrected chi connectivity index (χ3v) is 4.78. The molecule has 0 unspecified atom stereocenters. The number of non-ortho nitro benzene ring substituents is 1. The van der Waals surface area contributed by atoms with Crippen molar-refractivity contribution in [3.63, 3.8) is 0 Å². The number of para-hydroxylation sites is 1. The summed E-state index contributed by atoms with van der Waals surface area (Å²) in [5.74, 6) is -1.23. The van der Waals surface area contributed by atoms with E-state index >= 15 is 0 Å². The van der Waals surface area contributed by atoms with E-state index in [2.05, 4.69) is 5.32 Å². The first-order valence-corrected chi connectivity index (χ1v) is 9.52. The van der Waals surface area contributed by atoms with E-state index < -0.39 is 40.6 Å². The van der Waals surface area contributed by atoms with Gasteiger partial charge in [-0.15, -0.1) is 0 Å². The molecule has 0 bridgehead atoms. The van der Waals surface area contributed by atoms with Gasteiger partial charge in [0.2, 0.25) is 0 Å². The highest BCUT2D eigenvalue weighted by Gasteiger charge is 2.36. The number of carbonyl (C=O) groups excluding carboxylic acids is 2. The molecule has 0 radical (unpaired) electrons. The molecule has 170 valence electrons. The maximum atomic E-state index is 13.2. The zero-order chi connectivity index (χ0) is 23.3.